The molecule has 0 saturated carbocycles. The van der Waals surface area contributed by atoms with Gasteiger partial charge in [0.1, 0.15) is 0 Å². The topological polar surface area (TPSA) is 113 Å². The molecule has 0 aliphatic heterocycles. The van der Waals surface area contributed by atoms with Crippen molar-refractivity contribution in [3.63, 3.8) is 0 Å². The van der Waals surface area contributed by atoms with Crippen LogP contribution in [0.2, 0.25) is 0 Å². The summed E-state index contributed by atoms with van der Waals surface area (Å²) in [7, 11) is -23.7. The molecule has 19 heteroatoms. The first-order valence-electron chi connectivity index (χ1n) is 3.94. The van der Waals surface area contributed by atoms with Crippen LogP contribution >= 0.6 is 0 Å². The van der Waals surface area contributed by atoms with Gasteiger partial charge < -0.3 is 4.55 Å². The van der Waals surface area contributed by atoms with Gasteiger partial charge in [0.25, 0.3) is 13.4 Å². The average Bonchev–Trinajstić information content (AvgIpc) is 2.09. The molecule has 2 atom stereocenters. The van der Waals surface area contributed by atoms with Crippen molar-refractivity contribution in [3.05, 3.63) is 0 Å². The Labute approximate surface area is 133 Å². The van der Waals surface area contributed by atoms with Crippen molar-refractivity contribution in [2.75, 3.05) is 0 Å². The van der Waals surface area contributed by atoms with E-state index in [1.54, 1.807) is 0 Å². The molecule has 0 aliphatic rings. The number of alkyl halides is 9. The molecule has 0 aromatic carbocycles. The summed E-state index contributed by atoms with van der Waals surface area (Å²) in [5.41, 5.74) is -21.0. The Morgan fingerprint density at radius 2 is 1.04 bits per heavy atom. The summed E-state index contributed by atoms with van der Waals surface area (Å²) < 4.78 is 166. The molecule has 0 radical (unpaired) electrons. The van der Waals surface area contributed by atoms with Gasteiger partial charge in [-0.15, -0.1) is 0 Å². The second-order valence-corrected chi connectivity index (χ2v) is 9.57. The van der Waals surface area contributed by atoms with Crippen molar-refractivity contribution in [1.82, 2.24) is 0 Å². The van der Waals surface area contributed by atoms with E-state index in [4.69, 9.17) is 4.21 Å². The van der Waals surface area contributed by atoms with E-state index in [1.807, 2.05) is 0 Å². The van der Waals surface area contributed by atoms with Crippen molar-refractivity contribution in [2.24, 2.45) is 0 Å². The van der Waals surface area contributed by atoms with Gasteiger partial charge in [0.2, 0.25) is 0 Å². The van der Waals surface area contributed by atoms with E-state index in [0.717, 1.165) is 0 Å². The minimum absolute atomic E-state index is 0. The first-order valence-corrected chi connectivity index (χ1v) is 8.42. The van der Waals surface area contributed by atoms with Gasteiger partial charge in [-0.1, -0.05) is 0 Å². The van der Waals surface area contributed by atoms with E-state index in [2.05, 4.69) is 0 Å². The van der Waals surface area contributed by atoms with E-state index >= 15 is 0 Å². The van der Waals surface area contributed by atoms with E-state index in [9.17, 15) is 60.9 Å². The summed E-state index contributed by atoms with van der Waals surface area (Å²) in [5.74, 6) is 0. The molecule has 6 nitrogen and oxygen atoms in total. The van der Waals surface area contributed by atoms with Gasteiger partial charge in [0, 0.05) is 9.80 Å². The van der Waals surface area contributed by atoms with E-state index in [-0.39, 0.29) is 18.9 Å². The number of hydrogen-bond acceptors (Lipinski definition) is 5. The fourth-order valence-electron chi connectivity index (χ4n) is 0.725. The minimum Gasteiger partial charge on any atom is -0.770 e. The standard InChI is InChI=1S/C4HF9O6S3.Li/c5-2(6,7)20(14,15)1(21(16,17)3(8,9)10)22(18,19)4(11,12)13;/h(H,14,15);/q;+1. The van der Waals surface area contributed by atoms with Gasteiger partial charge in [0.05, 0.1) is 0 Å². The molecule has 0 spiro atoms. The molecule has 0 aromatic rings. The van der Waals surface area contributed by atoms with Crippen LogP contribution in [0.5, 0.6) is 0 Å². The molecule has 2 unspecified atom stereocenters. The van der Waals surface area contributed by atoms with Crippen molar-refractivity contribution < 1.29 is 84.0 Å². The Bertz CT molecular complexity index is 729. The molecule has 23 heavy (non-hydrogen) atoms. The minimum atomic E-state index is -7.96. The monoisotopic (exact) mass is 419 g/mol. The molecule has 0 amide bonds. The molecule has 0 heterocycles. The van der Waals surface area contributed by atoms with Crippen LogP contribution in [-0.2, 0) is 29.5 Å². The van der Waals surface area contributed by atoms with E-state index in [1.165, 1.54) is 0 Å². The number of sulfone groups is 1. The smallest absolute Gasteiger partial charge is 0.770 e. The van der Waals surface area contributed by atoms with Crippen molar-refractivity contribution in [1.29, 1.82) is 0 Å². The fraction of sp³-hybridized carbons (Fsp3) is 0.750. The Hall–Kier alpha value is -0.153. The number of halogens is 9. The second kappa shape index (κ2) is 6.29. The zero-order valence-corrected chi connectivity index (χ0v) is 12.6. The van der Waals surface area contributed by atoms with Crippen molar-refractivity contribution in [2.45, 2.75) is 16.5 Å². The first-order chi connectivity index (χ1) is 9.12. The van der Waals surface area contributed by atoms with Crippen LogP contribution in [0.1, 0.15) is 0 Å². The van der Waals surface area contributed by atoms with Crippen LogP contribution in [-0.4, -0.2) is 45.7 Å². The van der Waals surface area contributed by atoms with Crippen LogP contribution in [0.4, 0.5) is 39.5 Å². The van der Waals surface area contributed by atoms with Crippen LogP contribution in [0.25, 0.3) is 0 Å². The maximum Gasteiger partial charge on any atom is 1.00 e. The number of rotatable bonds is 0. The fourth-order valence-corrected chi connectivity index (χ4v) is 6.53. The Morgan fingerprint density at radius 3 is 1.22 bits per heavy atom. The van der Waals surface area contributed by atoms with Crippen LogP contribution in [0.3, 0.4) is 0 Å². The third-order valence-electron chi connectivity index (χ3n) is 1.59. The molecule has 1 N–H and O–H groups in total. The molecule has 134 valence electrons. The number of hydrogen-bond donors (Lipinski definition) is 0. The predicted molar refractivity (Wildman–Crippen MR) is 51.1 cm³/mol. The normalized spacial score (nSPS) is 19.2. The van der Waals surface area contributed by atoms with E-state index < -0.39 is 49.5 Å². The molecule has 0 saturated heterocycles. The predicted octanol–water partition coefficient (Wildman–Crippen LogP) is -1.96. The molecule has 0 aliphatic carbocycles. The Morgan fingerprint density at radius 1 is 0.739 bits per heavy atom. The van der Waals surface area contributed by atoms with Crippen molar-refractivity contribution in [3.8, 4) is 0 Å². The molecule has 0 fully saturated rings. The van der Waals surface area contributed by atoms with Gasteiger partial charge in [0.15, 0.2) is 0 Å². The Kier molecular flexibility index (Phi) is 6.86. The van der Waals surface area contributed by atoms with Crippen LogP contribution < -0.4 is 18.9 Å². The SMILES string of the molecule is O=S(=O)(C(S(=O)(=[OH+])C(F)(F)F)=S(=O)([O-])C(F)(F)F)C(F)(F)F.[Li+]. The van der Waals surface area contributed by atoms with Crippen molar-refractivity contribution >= 4 is 33.0 Å². The third kappa shape index (κ3) is 4.28. The third-order valence-corrected chi connectivity index (χ3v) is 8.75. The molecule has 0 rings (SSSR count). The van der Waals surface area contributed by atoms with Crippen LogP contribution in [0, 0.1) is 0 Å². The summed E-state index contributed by atoms with van der Waals surface area (Å²) in [4.78, 5) is 0. The van der Waals surface area contributed by atoms with Gasteiger partial charge in [-0.2, -0.15) is 43.7 Å². The van der Waals surface area contributed by atoms with E-state index in [0.29, 0.717) is 0 Å². The summed E-state index contributed by atoms with van der Waals surface area (Å²) >= 11 is 0. The van der Waals surface area contributed by atoms with Crippen LogP contribution in [0.15, 0.2) is 0 Å². The largest absolute Gasteiger partial charge is 1.00 e. The van der Waals surface area contributed by atoms with Gasteiger partial charge >= 0.3 is 45.2 Å². The molecule has 0 aromatic heterocycles. The summed E-state index contributed by atoms with van der Waals surface area (Å²) in [5, 5.41) is 0. The summed E-state index contributed by atoms with van der Waals surface area (Å²) in [6.45, 7) is 0. The van der Waals surface area contributed by atoms with Gasteiger partial charge in [-0.3, -0.25) is 4.21 Å². The molecule has 0 bridgehead atoms. The average molecular weight is 419 g/mol. The zero-order valence-electron chi connectivity index (χ0n) is 10.1. The van der Waals surface area contributed by atoms with Gasteiger partial charge in [-0.05, 0) is 0 Å². The quantitative estimate of drug-likeness (QED) is 0.196. The molecular weight excluding hydrogens is 418 g/mol. The first kappa shape index (κ1) is 25.1. The maximum atomic E-state index is 12.1. The van der Waals surface area contributed by atoms with Gasteiger partial charge in [-0.25, -0.2) is 12.6 Å². The maximum absolute atomic E-state index is 12.1. The second-order valence-electron chi connectivity index (χ2n) is 3.12. The molecular formula is C4HF9LiO6S3+. The Balaban J connectivity index is 0. The summed E-state index contributed by atoms with van der Waals surface area (Å²) in [6, 6.07) is 0. The summed E-state index contributed by atoms with van der Waals surface area (Å²) in [6.07, 6.45) is 0. The zero-order chi connectivity index (χ0) is 18.6.